The summed E-state index contributed by atoms with van der Waals surface area (Å²) in [5.74, 6) is -0.731. The fraction of sp³-hybridized carbons (Fsp3) is 0.238. The number of hydrogen-bond acceptors (Lipinski definition) is 8. The molecule has 178 valence electrons. The lowest BCUT2D eigenvalue weighted by molar-refractivity contribution is -0.139. The molecule has 0 atom stereocenters. The van der Waals surface area contributed by atoms with E-state index in [0.717, 1.165) is 5.41 Å². The van der Waals surface area contributed by atoms with Gasteiger partial charge in [0.2, 0.25) is 5.91 Å². The molecule has 0 fully saturated rings. The zero-order valence-corrected chi connectivity index (χ0v) is 19.2. The summed E-state index contributed by atoms with van der Waals surface area (Å²) in [5.41, 5.74) is 0.591. The molecule has 11 nitrogen and oxygen atoms in total. The number of aliphatic carboxylic acids is 1. The van der Waals surface area contributed by atoms with E-state index in [1.807, 2.05) is 0 Å². The molecule has 0 aliphatic carbocycles. The number of carboxylic acid groups (broad SMARTS) is 1. The molecular formula is C21H24N2O9S. The second-order valence-electron chi connectivity index (χ2n) is 6.43. The topological polar surface area (TPSA) is 149 Å². The molecule has 0 aliphatic rings. The molecule has 2 rings (SSSR count). The Morgan fingerprint density at radius 3 is 2.06 bits per heavy atom. The van der Waals surface area contributed by atoms with E-state index in [0.29, 0.717) is 22.8 Å². The first-order valence-electron chi connectivity index (χ1n) is 9.33. The lowest BCUT2D eigenvalue weighted by Gasteiger charge is -2.13. The molecule has 3 N–H and O–H groups in total. The van der Waals surface area contributed by atoms with Crippen LogP contribution < -0.4 is 29.0 Å². The fourth-order valence-corrected chi connectivity index (χ4v) is 3.59. The normalized spacial score (nSPS) is 11.0. The van der Waals surface area contributed by atoms with E-state index in [-0.39, 0.29) is 17.1 Å². The van der Waals surface area contributed by atoms with Crippen LogP contribution in [0.3, 0.4) is 0 Å². The van der Waals surface area contributed by atoms with Crippen LogP contribution in [0.25, 0.3) is 6.08 Å². The highest BCUT2D eigenvalue weighted by atomic mass is 32.2. The zero-order valence-electron chi connectivity index (χ0n) is 18.4. The lowest BCUT2D eigenvalue weighted by Crippen LogP contribution is -2.17. The highest BCUT2D eigenvalue weighted by Crippen LogP contribution is 2.35. The summed E-state index contributed by atoms with van der Waals surface area (Å²) in [7, 11) is 1.68. The van der Waals surface area contributed by atoms with Crippen LogP contribution in [-0.4, -0.2) is 53.8 Å². The molecule has 0 radical (unpaired) electrons. The maximum Gasteiger partial charge on any atom is 0.312 e. The van der Waals surface area contributed by atoms with E-state index in [1.165, 1.54) is 52.7 Å². The third kappa shape index (κ3) is 7.04. The number of hydrogen-bond donors (Lipinski definition) is 3. The van der Waals surface area contributed by atoms with Crippen molar-refractivity contribution < 1.29 is 42.1 Å². The molecule has 2 aromatic rings. The maximum absolute atomic E-state index is 12.6. The molecule has 0 unspecified atom stereocenters. The molecule has 12 heteroatoms. The van der Waals surface area contributed by atoms with E-state index in [4.69, 9.17) is 24.1 Å². The Bertz CT molecular complexity index is 1140. The number of sulfonamides is 1. The van der Waals surface area contributed by atoms with Crippen LogP contribution in [0.2, 0.25) is 0 Å². The van der Waals surface area contributed by atoms with Crippen LogP contribution in [0.1, 0.15) is 12.0 Å². The standard InChI is InChI=1S/C21H24N2O9S/c1-29-14-10-18(31-3)15(19(11-14)32-4)7-8-33(27,28)23-13-5-6-17(30-2)16(9-13)22-20(24)12-21(25)26/h5-11,23H,12H2,1-4H3,(H,22,24)(H,25,26). The SMILES string of the molecule is COc1cc(OC)c(C=CS(=O)(=O)Nc2ccc(OC)c(NC(=O)CC(=O)O)c2)c(OC)c1. The summed E-state index contributed by atoms with van der Waals surface area (Å²) in [6.07, 6.45) is 0.548. The van der Waals surface area contributed by atoms with Crippen molar-refractivity contribution in [3.8, 4) is 23.0 Å². The summed E-state index contributed by atoms with van der Waals surface area (Å²) in [6, 6.07) is 7.31. The predicted octanol–water partition coefficient (Wildman–Crippen LogP) is 2.55. The van der Waals surface area contributed by atoms with E-state index < -0.39 is 28.3 Å². The summed E-state index contributed by atoms with van der Waals surface area (Å²) < 4.78 is 48.5. The van der Waals surface area contributed by atoms with Gasteiger partial charge in [0.1, 0.15) is 29.4 Å². The number of benzene rings is 2. The molecular weight excluding hydrogens is 456 g/mol. The Balaban J connectivity index is 2.31. The maximum atomic E-state index is 12.6. The molecule has 1 amide bonds. The fourth-order valence-electron chi connectivity index (χ4n) is 2.75. The Morgan fingerprint density at radius 1 is 0.939 bits per heavy atom. The Kier molecular flexibility index (Phi) is 8.51. The van der Waals surface area contributed by atoms with Gasteiger partial charge >= 0.3 is 5.97 Å². The summed E-state index contributed by atoms with van der Waals surface area (Å²) in [5, 5.41) is 12.0. The number of nitrogens with one attached hydrogen (secondary N) is 2. The van der Waals surface area contributed by atoms with Crippen LogP contribution in [0.4, 0.5) is 11.4 Å². The van der Waals surface area contributed by atoms with Crippen molar-refractivity contribution in [1.29, 1.82) is 0 Å². The number of carbonyl (C=O) groups is 2. The zero-order chi connectivity index (χ0) is 24.6. The van der Waals surface area contributed by atoms with Gasteiger partial charge in [-0.1, -0.05) is 0 Å². The molecule has 33 heavy (non-hydrogen) atoms. The lowest BCUT2D eigenvalue weighted by atomic mass is 10.1. The van der Waals surface area contributed by atoms with Gasteiger partial charge in [-0.15, -0.1) is 0 Å². The molecule has 0 saturated heterocycles. The molecule has 0 aliphatic heterocycles. The highest BCUT2D eigenvalue weighted by Gasteiger charge is 2.15. The largest absolute Gasteiger partial charge is 0.496 e. The van der Waals surface area contributed by atoms with E-state index >= 15 is 0 Å². The van der Waals surface area contributed by atoms with Gasteiger partial charge in [0.15, 0.2) is 0 Å². The van der Waals surface area contributed by atoms with Gasteiger partial charge in [0.05, 0.1) is 50.8 Å². The predicted molar refractivity (Wildman–Crippen MR) is 122 cm³/mol. The second-order valence-corrected chi connectivity index (χ2v) is 8.00. The van der Waals surface area contributed by atoms with Gasteiger partial charge in [-0.3, -0.25) is 14.3 Å². The summed E-state index contributed by atoms with van der Waals surface area (Å²) in [6.45, 7) is 0. The van der Waals surface area contributed by atoms with E-state index in [2.05, 4.69) is 10.0 Å². The quantitative estimate of drug-likeness (QED) is 0.412. The minimum Gasteiger partial charge on any atom is -0.496 e. The van der Waals surface area contributed by atoms with Crippen LogP contribution >= 0.6 is 0 Å². The third-order valence-electron chi connectivity index (χ3n) is 4.21. The van der Waals surface area contributed by atoms with Crippen molar-refractivity contribution >= 4 is 39.4 Å². The van der Waals surface area contributed by atoms with Gasteiger partial charge in [0.25, 0.3) is 10.0 Å². The van der Waals surface area contributed by atoms with Gasteiger partial charge in [-0.25, -0.2) is 8.42 Å². The average molecular weight is 480 g/mol. The Hall–Kier alpha value is -3.93. The highest BCUT2D eigenvalue weighted by molar-refractivity contribution is 7.95. The monoisotopic (exact) mass is 480 g/mol. The number of rotatable bonds is 11. The molecule has 0 spiro atoms. The van der Waals surface area contributed by atoms with Crippen molar-refractivity contribution in [2.75, 3.05) is 38.5 Å². The number of amides is 1. The number of anilines is 2. The number of carboxylic acids is 1. The molecule has 2 aromatic carbocycles. The first-order chi connectivity index (χ1) is 15.6. The average Bonchev–Trinajstić information content (AvgIpc) is 2.76. The first kappa shape index (κ1) is 25.3. The van der Waals surface area contributed by atoms with E-state index in [9.17, 15) is 18.0 Å². The Morgan fingerprint density at radius 2 is 1.55 bits per heavy atom. The van der Waals surface area contributed by atoms with Crippen LogP contribution in [0.5, 0.6) is 23.0 Å². The smallest absolute Gasteiger partial charge is 0.312 e. The molecule has 0 saturated carbocycles. The van der Waals surface area contributed by atoms with Gasteiger partial charge < -0.3 is 29.4 Å². The minimum atomic E-state index is -4.00. The van der Waals surface area contributed by atoms with Gasteiger partial charge in [-0.2, -0.15) is 0 Å². The van der Waals surface area contributed by atoms with Crippen molar-refractivity contribution in [1.82, 2.24) is 0 Å². The van der Waals surface area contributed by atoms with Crippen molar-refractivity contribution in [2.24, 2.45) is 0 Å². The summed E-state index contributed by atoms with van der Waals surface area (Å²) in [4.78, 5) is 22.5. The molecule has 0 bridgehead atoms. The number of carbonyl (C=O) groups excluding carboxylic acids is 1. The Labute approximate surface area is 191 Å². The molecule has 0 aromatic heterocycles. The van der Waals surface area contributed by atoms with Crippen LogP contribution in [0, 0.1) is 0 Å². The van der Waals surface area contributed by atoms with Crippen molar-refractivity contribution in [2.45, 2.75) is 6.42 Å². The number of ether oxygens (including phenoxy) is 4. The van der Waals surface area contributed by atoms with Crippen molar-refractivity contribution in [3.05, 3.63) is 41.3 Å². The minimum absolute atomic E-state index is 0.103. The second kappa shape index (κ2) is 11.1. The third-order valence-corrected chi connectivity index (χ3v) is 5.23. The van der Waals surface area contributed by atoms with E-state index in [1.54, 1.807) is 12.1 Å². The van der Waals surface area contributed by atoms with Gasteiger partial charge in [-0.05, 0) is 24.3 Å². The first-order valence-corrected chi connectivity index (χ1v) is 10.9. The van der Waals surface area contributed by atoms with Crippen LogP contribution in [0.15, 0.2) is 35.7 Å². The number of methoxy groups -OCH3 is 4. The molecule has 0 heterocycles. The van der Waals surface area contributed by atoms with Crippen molar-refractivity contribution in [3.63, 3.8) is 0 Å². The van der Waals surface area contributed by atoms with Gasteiger partial charge in [0, 0.05) is 12.1 Å². The van der Waals surface area contributed by atoms with Crippen LogP contribution in [-0.2, 0) is 19.6 Å². The summed E-state index contributed by atoms with van der Waals surface area (Å²) >= 11 is 0.